The van der Waals surface area contributed by atoms with Crippen molar-refractivity contribution in [1.29, 1.82) is 0 Å². The molecule has 0 aromatic heterocycles. The van der Waals surface area contributed by atoms with Crippen LogP contribution in [0.5, 0.6) is 0 Å². The Morgan fingerprint density at radius 3 is 2.33 bits per heavy atom. The average Bonchev–Trinajstić information content (AvgIpc) is 2.44. The van der Waals surface area contributed by atoms with E-state index in [-0.39, 0.29) is 5.92 Å². The van der Waals surface area contributed by atoms with Crippen molar-refractivity contribution in [2.24, 2.45) is 0 Å². The minimum atomic E-state index is -4.33. The Morgan fingerprint density at radius 2 is 1.71 bits per heavy atom. The molecule has 0 fully saturated rings. The van der Waals surface area contributed by atoms with Gasteiger partial charge in [0.25, 0.3) is 0 Å². The molecule has 0 aliphatic rings. The van der Waals surface area contributed by atoms with Crippen LogP contribution in [0.1, 0.15) is 22.6 Å². The molecule has 5 heteroatoms. The van der Waals surface area contributed by atoms with Crippen molar-refractivity contribution < 1.29 is 13.2 Å². The number of benzene rings is 2. The molecule has 1 unspecified atom stereocenters. The van der Waals surface area contributed by atoms with E-state index in [1.54, 1.807) is 18.2 Å². The van der Waals surface area contributed by atoms with Crippen LogP contribution in [-0.4, -0.2) is 5.88 Å². The molecule has 0 heterocycles. The molecule has 0 radical (unpaired) electrons. The van der Waals surface area contributed by atoms with Crippen molar-refractivity contribution in [3.05, 3.63) is 70.2 Å². The van der Waals surface area contributed by atoms with Crippen LogP contribution in [-0.2, 0) is 12.6 Å². The summed E-state index contributed by atoms with van der Waals surface area (Å²) in [5.41, 5.74) is 0.893. The predicted octanol–water partition coefficient (Wildman–Crippen LogP) is 5.92. The maximum Gasteiger partial charge on any atom is 0.416 e. The third-order valence-corrected chi connectivity index (χ3v) is 3.85. The highest BCUT2D eigenvalue weighted by molar-refractivity contribution is 6.30. The molecule has 0 saturated heterocycles. The zero-order valence-electron chi connectivity index (χ0n) is 11.0. The van der Waals surface area contributed by atoms with Crippen LogP contribution < -0.4 is 0 Å². The minimum absolute atomic E-state index is 0.0751. The smallest absolute Gasteiger partial charge is 0.166 e. The number of hydrogen-bond donors (Lipinski definition) is 0. The summed E-state index contributed by atoms with van der Waals surface area (Å²) in [4.78, 5) is 0. The van der Waals surface area contributed by atoms with Gasteiger partial charge >= 0.3 is 6.18 Å². The average molecular weight is 333 g/mol. The first-order valence-corrected chi connectivity index (χ1v) is 7.29. The monoisotopic (exact) mass is 332 g/mol. The van der Waals surface area contributed by atoms with Crippen LogP contribution in [0, 0.1) is 0 Å². The van der Waals surface area contributed by atoms with Gasteiger partial charge in [0.2, 0.25) is 0 Å². The Kier molecular flexibility index (Phi) is 5.17. The van der Waals surface area contributed by atoms with Crippen molar-refractivity contribution in [3.8, 4) is 0 Å². The zero-order valence-corrected chi connectivity index (χ0v) is 12.5. The first-order valence-electron chi connectivity index (χ1n) is 6.37. The van der Waals surface area contributed by atoms with E-state index in [1.165, 1.54) is 12.1 Å². The summed E-state index contributed by atoms with van der Waals surface area (Å²) in [6.45, 7) is 0. The molecule has 2 aromatic rings. The van der Waals surface area contributed by atoms with Gasteiger partial charge in [0.15, 0.2) is 0 Å². The first kappa shape index (κ1) is 16.2. The first-order chi connectivity index (χ1) is 9.90. The van der Waals surface area contributed by atoms with Crippen molar-refractivity contribution in [2.75, 3.05) is 5.88 Å². The number of alkyl halides is 4. The lowest BCUT2D eigenvalue weighted by Gasteiger charge is -2.16. The standard InChI is InChI=1S/C16H13Cl2F3/c17-10-13(12-4-2-6-15(18)9-12)7-11-3-1-5-14(8-11)16(19,20)21/h1-6,8-9,13H,7,10H2. The summed E-state index contributed by atoms with van der Waals surface area (Å²) in [7, 11) is 0. The molecule has 0 saturated carbocycles. The molecule has 0 spiro atoms. The fourth-order valence-electron chi connectivity index (χ4n) is 2.18. The van der Waals surface area contributed by atoms with Gasteiger partial charge in [-0.25, -0.2) is 0 Å². The lowest BCUT2D eigenvalue weighted by Crippen LogP contribution is -2.08. The molecule has 0 nitrogen and oxygen atoms in total. The van der Waals surface area contributed by atoms with Crippen LogP contribution >= 0.6 is 23.2 Å². The highest BCUT2D eigenvalue weighted by Crippen LogP contribution is 2.31. The molecule has 0 amide bonds. The molecular weight excluding hydrogens is 320 g/mol. The third kappa shape index (κ3) is 4.39. The van der Waals surface area contributed by atoms with E-state index in [4.69, 9.17) is 23.2 Å². The number of rotatable bonds is 4. The Labute approximate surface area is 131 Å². The molecular formula is C16H13Cl2F3. The topological polar surface area (TPSA) is 0 Å². The fourth-order valence-corrected chi connectivity index (χ4v) is 2.67. The summed E-state index contributed by atoms with van der Waals surface area (Å²) in [6, 6.07) is 12.6. The van der Waals surface area contributed by atoms with Gasteiger partial charge in [-0.3, -0.25) is 0 Å². The van der Waals surface area contributed by atoms with Gasteiger partial charge in [-0.05, 0) is 35.7 Å². The largest absolute Gasteiger partial charge is 0.416 e. The summed E-state index contributed by atoms with van der Waals surface area (Å²) < 4.78 is 38.2. The number of halogens is 5. The van der Waals surface area contributed by atoms with Crippen molar-refractivity contribution in [2.45, 2.75) is 18.5 Å². The lowest BCUT2D eigenvalue weighted by atomic mass is 9.93. The predicted molar refractivity (Wildman–Crippen MR) is 80.1 cm³/mol. The molecule has 2 rings (SSSR count). The molecule has 21 heavy (non-hydrogen) atoms. The lowest BCUT2D eigenvalue weighted by molar-refractivity contribution is -0.137. The van der Waals surface area contributed by atoms with E-state index in [0.717, 1.165) is 11.6 Å². The van der Waals surface area contributed by atoms with Crippen LogP contribution in [0.3, 0.4) is 0 Å². The molecule has 2 aromatic carbocycles. The quantitative estimate of drug-likeness (QED) is 0.609. The normalized spacial score (nSPS) is 13.2. The summed E-state index contributed by atoms with van der Waals surface area (Å²) in [6.07, 6.45) is -3.89. The molecule has 1 atom stereocenters. The molecule has 0 N–H and O–H groups in total. The van der Waals surface area contributed by atoms with Crippen LogP contribution in [0.25, 0.3) is 0 Å². The third-order valence-electron chi connectivity index (χ3n) is 3.24. The SMILES string of the molecule is FC(F)(F)c1cccc(CC(CCl)c2cccc(Cl)c2)c1. The van der Waals surface area contributed by atoms with Gasteiger partial charge in [0, 0.05) is 16.8 Å². The Hall–Kier alpha value is -1.19. The fraction of sp³-hybridized carbons (Fsp3) is 0.250. The van der Waals surface area contributed by atoms with E-state index in [9.17, 15) is 13.2 Å². The molecule has 0 bridgehead atoms. The van der Waals surface area contributed by atoms with E-state index in [2.05, 4.69) is 0 Å². The van der Waals surface area contributed by atoms with Gasteiger partial charge in [0.05, 0.1) is 5.56 Å². The highest BCUT2D eigenvalue weighted by atomic mass is 35.5. The second-order valence-corrected chi connectivity index (χ2v) is 5.55. The van der Waals surface area contributed by atoms with E-state index >= 15 is 0 Å². The molecule has 0 aliphatic heterocycles. The molecule has 0 aliphatic carbocycles. The van der Waals surface area contributed by atoms with E-state index in [1.807, 2.05) is 12.1 Å². The Bertz CT molecular complexity index is 608. The van der Waals surface area contributed by atoms with Gasteiger partial charge < -0.3 is 0 Å². The van der Waals surface area contributed by atoms with Gasteiger partial charge in [-0.1, -0.05) is 41.9 Å². The Balaban J connectivity index is 2.23. The van der Waals surface area contributed by atoms with Crippen molar-refractivity contribution >= 4 is 23.2 Å². The van der Waals surface area contributed by atoms with Crippen LogP contribution in [0.2, 0.25) is 5.02 Å². The maximum absolute atomic E-state index is 12.7. The van der Waals surface area contributed by atoms with Gasteiger partial charge in [0.1, 0.15) is 0 Å². The second kappa shape index (κ2) is 6.71. The maximum atomic E-state index is 12.7. The van der Waals surface area contributed by atoms with Crippen molar-refractivity contribution in [1.82, 2.24) is 0 Å². The van der Waals surface area contributed by atoms with Crippen molar-refractivity contribution in [3.63, 3.8) is 0 Å². The number of hydrogen-bond acceptors (Lipinski definition) is 0. The Morgan fingerprint density at radius 1 is 1.00 bits per heavy atom. The summed E-state index contributed by atoms with van der Waals surface area (Å²) in [5.74, 6) is 0.241. The highest BCUT2D eigenvalue weighted by Gasteiger charge is 2.30. The zero-order chi connectivity index (χ0) is 15.5. The van der Waals surface area contributed by atoms with Crippen LogP contribution in [0.4, 0.5) is 13.2 Å². The molecule has 112 valence electrons. The van der Waals surface area contributed by atoms with Crippen LogP contribution in [0.15, 0.2) is 48.5 Å². The van der Waals surface area contributed by atoms with Gasteiger partial charge in [-0.2, -0.15) is 13.2 Å². The summed E-state index contributed by atoms with van der Waals surface area (Å²) in [5, 5.41) is 0.589. The van der Waals surface area contributed by atoms with Gasteiger partial charge in [-0.15, -0.1) is 11.6 Å². The minimum Gasteiger partial charge on any atom is -0.166 e. The summed E-state index contributed by atoms with van der Waals surface area (Å²) >= 11 is 11.9. The van der Waals surface area contributed by atoms with E-state index < -0.39 is 11.7 Å². The van der Waals surface area contributed by atoms with E-state index in [0.29, 0.717) is 22.9 Å². The second-order valence-electron chi connectivity index (χ2n) is 4.81.